The maximum atomic E-state index is 13.8. The second-order valence-corrected chi connectivity index (χ2v) is 6.23. The number of nitrogens with zero attached hydrogens (tertiary/aromatic N) is 3. The fourth-order valence-electron chi connectivity index (χ4n) is 3.70. The molecule has 2 aliphatic heterocycles. The van der Waals surface area contributed by atoms with Gasteiger partial charge in [-0.15, -0.1) is 0 Å². The van der Waals surface area contributed by atoms with E-state index >= 15 is 0 Å². The standard InChI is InChI=1S/C16H20FN3O2/c1-3-19-7-5-16(15(19)22)10-20(9-11(16)2)14(21)12-4-6-18-8-13(12)17/h4,6,8,11H,3,5,7,9-10H2,1-2H3/t11-,16-/m1/s1. The number of likely N-dealkylation sites (tertiary alicyclic amines) is 2. The molecular formula is C16H20FN3O2. The molecule has 0 aliphatic carbocycles. The lowest BCUT2D eigenvalue weighted by Crippen LogP contribution is -2.40. The maximum Gasteiger partial charge on any atom is 0.256 e. The van der Waals surface area contributed by atoms with Crippen LogP contribution in [0.2, 0.25) is 0 Å². The highest BCUT2D eigenvalue weighted by Gasteiger charge is 2.55. The second-order valence-electron chi connectivity index (χ2n) is 6.23. The predicted octanol–water partition coefficient (Wildman–Crippen LogP) is 1.55. The lowest BCUT2D eigenvalue weighted by molar-refractivity contribution is -0.136. The number of aromatic nitrogens is 1. The van der Waals surface area contributed by atoms with E-state index in [0.717, 1.165) is 19.2 Å². The van der Waals surface area contributed by atoms with Crippen LogP contribution in [0.4, 0.5) is 4.39 Å². The van der Waals surface area contributed by atoms with E-state index in [2.05, 4.69) is 4.98 Å². The Morgan fingerprint density at radius 1 is 1.55 bits per heavy atom. The molecule has 3 heterocycles. The van der Waals surface area contributed by atoms with Crippen molar-refractivity contribution in [3.63, 3.8) is 0 Å². The zero-order valence-corrected chi connectivity index (χ0v) is 12.9. The van der Waals surface area contributed by atoms with E-state index < -0.39 is 11.2 Å². The molecule has 0 bridgehead atoms. The Morgan fingerprint density at radius 2 is 2.32 bits per heavy atom. The Kier molecular flexibility index (Phi) is 3.62. The van der Waals surface area contributed by atoms with Gasteiger partial charge in [0.2, 0.25) is 5.91 Å². The fraction of sp³-hybridized carbons (Fsp3) is 0.562. The highest BCUT2D eigenvalue weighted by atomic mass is 19.1. The smallest absolute Gasteiger partial charge is 0.256 e. The molecule has 5 nitrogen and oxygen atoms in total. The van der Waals surface area contributed by atoms with Gasteiger partial charge in [-0.2, -0.15) is 0 Å². The first-order valence-corrected chi connectivity index (χ1v) is 7.67. The van der Waals surface area contributed by atoms with Crippen LogP contribution < -0.4 is 0 Å². The Bertz CT molecular complexity index is 621. The fourth-order valence-corrected chi connectivity index (χ4v) is 3.70. The molecule has 2 saturated heterocycles. The van der Waals surface area contributed by atoms with E-state index in [0.29, 0.717) is 19.6 Å². The van der Waals surface area contributed by atoms with Crippen LogP contribution >= 0.6 is 0 Å². The summed E-state index contributed by atoms with van der Waals surface area (Å²) in [5, 5.41) is 0. The molecule has 1 aromatic rings. The molecule has 1 spiro atoms. The van der Waals surface area contributed by atoms with Gasteiger partial charge in [-0.25, -0.2) is 4.39 Å². The largest absolute Gasteiger partial charge is 0.342 e. The Balaban J connectivity index is 1.84. The summed E-state index contributed by atoms with van der Waals surface area (Å²) in [5.74, 6) is -0.751. The van der Waals surface area contributed by atoms with Crippen LogP contribution in [0.3, 0.4) is 0 Å². The molecule has 0 unspecified atom stereocenters. The van der Waals surface area contributed by atoms with Crippen LogP contribution in [0.15, 0.2) is 18.5 Å². The zero-order valence-electron chi connectivity index (χ0n) is 12.9. The molecule has 6 heteroatoms. The molecule has 2 fully saturated rings. The van der Waals surface area contributed by atoms with E-state index in [-0.39, 0.29) is 23.3 Å². The van der Waals surface area contributed by atoms with Crippen molar-refractivity contribution in [2.24, 2.45) is 11.3 Å². The van der Waals surface area contributed by atoms with Crippen LogP contribution in [-0.4, -0.2) is 52.8 Å². The molecular weight excluding hydrogens is 285 g/mol. The van der Waals surface area contributed by atoms with Crippen LogP contribution in [0.25, 0.3) is 0 Å². The van der Waals surface area contributed by atoms with Gasteiger partial charge in [-0.1, -0.05) is 6.92 Å². The van der Waals surface area contributed by atoms with Gasteiger partial charge >= 0.3 is 0 Å². The summed E-state index contributed by atoms with van der Waals surface area (Å²) in [4.78, 5) is 32.3. The van der Waals surface area contributed by atoms with Crippen LogP contribution in [0, 0.1) is 17.2 Å². The molecule has 22 heavy (non-hydrogen) atoms. The first-order chi connectivity index (χ1) is 10.5. The van der Waals surface area contributed by atoms with E-state index in [4.69, 9.17) is 0 Å². The number of carbonyl (C=O) groups is 2. The average Bonchev–Trinajstić information content (AvgIpc) is 3.01. The minimum Gasteiger partial charge on any atom is -0.342 e. The number of amides is 2. The van der Waals surface area contributed by atoms with E-state index in [1.165, 1.54) is 12.3 Å². The summed E-state index contributed by atoms with van der Waals surface area (Å²) in [7, 11) is 0. The van der Waals surface area contributed by atoms with E-state index in [1.54, 1.807) is 4.90 Å². The highest BCUT2D eigenvalue weighted by molar-refractivity contribution is 5.96. The van der Waals surface area contributed by atoms with Crippen molar-refractivity contribution >= 4 is 11.8 Å². The summed E-state index contributed by atoms with van der Waals surface area (Å²) in [6, 6.07) is 1.39. The van der Waals surface area contributed by atoms with E-state index in [1.807, 2.05) is 18.7 Å². The maximum absolute atomic E-state index is 13.8. The van der Waals surface area contributed by atoms with Crippen molar-refractivity contribution in [3.8, 4) is 0 Å². The third-order valence-corrected chi connectivity index (χ3v) is 5.12. The Morgan fingerprint density at radius 3 is 2.95 bits per heavy atom. The molecule has 2 amide bonds. The second kappa shape index (κ2) is 5.34. The predicted molar refractivity (Wildman–Crippen MR) is 78.6 cm³/mol. The minimum atomic E-state index is -0.617. The molecule has 0 saturated carbocycles. The van der Waals surface area contributed by atoms with Crippen LogP contribution in [-0.2, 0) is 4.79 Å². The van der Waals surface area contributed by atoms with Gasteiger partial charge in [-0.05, 0) is 25.3 Å². The van der Waals surface area contributed by atoms with Gasteiger partial charge in [0, 0.05) is 32.4 Å². The molecule has 2 atom stereocenters. The van der Waals surface area contributed by atoms with Gasteiger partial charge in [0.1, 0.15) is 0 Å². The third-order valence-electron chi connectivity index (χ3n) is 5.12. The number of halogens is 1. The normalized spacial score (nSPS) is 28.0. The molecule has 0 radical (unpaired) electrons. The summed E-state index contributed by atoms with van der Waals surface area (Å²) in [5.41, 5.74) is -0.466. The highest BCUT2D eigenvalue weighted by Crippen LogP contribution is 2.44. The van der Waals surface area contributed by atoms with Gasteiger partial charge < -0.3 is 9.80 Å². The first-order valence-electron chi connectivity index (χ1n) is 7.67. The Labute approximate surface area is 129 Å². The van der Waals surface area contributed by atoms with Crippen LogP contribution in [0.1, 0.15) is 30.6 Å². The topological polar surface area (TPSA) is 53.5 Å². The van der Waals surface area contributed by atoms with Crippen LogP contribution in [0.5, 0.6) is 0 Å². The number of carbonyl (C=O) groups excluding carboxylic acids is 2. The summed E-state index contributed by atoms with van der Waals surface area (Å²) >= 11 is 0. The molecule has 1 aromatic heterocycles. The minimum absolute atomic E-state index is 0.0250. The summed E-state index contributed by atoms with van der Waals surface area (Å²) in [6.45, 7) is 6.28. The van der Waals surface area contributed by atoms with Gasteiger partial charge in [-0.3, -0.25) is 14.6 Å². The van der Waals surface area contributed by atoms with Crippen molar-refractivity contribution in [1.29, 1.82) is 0 Å². The monoisotopic (exact) mass is 305 g/mol. The zero-order chi connectivity index (χ0) is 15.9. The van der Waals surface area contributed by atoms with Crippen molar-refractivity contribution in [2.45, 2.75) is 20.3 Å². The molecule has 0 N–H and O–H groups in total. The van der Waals surface area contributed by atoms with Crippen molar-refractivity contribution in [2.75, 3.05) is 26.2 Å². The first kappa shape index (κ1) is 14.9. The summed E-state index contributed by atoms with van der Waals surface area (Å²) in [6.07, 6.45) is 3.22. The SMILES string of the molecule is CCN1CC[C@]2(CN(C(=O)c3ccncc3F)C[C@H]2C)C1=O. The lowest BCUT2D eigenvalue weighted by atomic mass is 9.78. The molecule has 118 valence electrons. The number of hydrogen-bond acceptors (Lipinski definition) is 3. The number of pyridine rings is 1. The van der Waals surface area contributed by atoms with Crippen molar-refractivity contribution in [3.05, 3.63) is 29.8 Å². The Hall–Kier alpha value is -1.98. The molecule has 2 aliphatic rings. The van der Waals surface area contributed by atoms with Crippen molar-refractivity contribution in [1.82, 2.24) is 14.8 Å². The molecule has 0 aromatic carbocycles. The number of hydrogen-bond donors (Lipinski definition) is 0. The lowest BCUT2D eigenvalue weighted by Gasteiger charge is -2.26. The van der Waals surface area contributed by atoms with Gasteiger partial charge in [0.25, 0.3) is 5.91 Å². The van der Waals surface area contributed by atoms with Gasteiger partial charge in [0.15, 0.2) is 5.82 Å². The number of rotatable bonds is 2. The molecule has 3 rings (SSSR count). The third kappa shape index (κ3) is 2.09. The quantitative estimate of drug-likeness (QED) is 0.833. The summed E-state index contributed by atoms with van der Waals surface area (Å²) < 4.78 is 13.8. The van der Waals surface area contributed by atoms with Gasteiger partial charge in [0.05, 0.1) is 17.2 Å². The average molecular weight is 305 g/mol. The van der Waals surface area contributed by atoms with E-state index in [9.17, 15) is 14.0 Å². The van der Waals surface area contributed by atoms with Crippen molar-refractivity contribution < 1.29 is 14.0 Å².